The first-order valence-electron chi connectivity index (χ1n) is 6.22. The van der Waals surface area contributed by atoms with Gasteiger partial charge in [-0.3, -0.25) is 0 Å². The first kappa shape index (κ1) is 13.0. The van der Waals surface area contributed by atoms with Gasteiger partial charge in [-0.25, -0.2) is 0 Å². The van der Waals surface area contributed by atoms with E-state index in [1.165, 1.54) is 4.88 Å². The number of anilines is 1. The van der Waals surface area contributed by atoms with Gasteiger partial charge in [0.15, 0.2) is 0 Å². The van der Waals surface area contributed by atoms with Gasteiger partial charge in [0.1, 0.15) is 5.75 Å². The highest BCUT2D eigenvalue weighted by atomic mass is 32.1. The number of nitrogens with one attached hydrogen (secondary N) is 1. The van der Waals surface area contributed by atoms with E-state index in [0.717, 1.165) is 23.2 Å². The van der Waals surface area contributed by atoms with Gasteiger partial charge in [-0.1, -0.05) is 13.0 Å². The van der Waals surface area contributed by atoms with Gasteiger partial charge in [-0.05, 0) is 55.0 Å². The van der Waals surface area contributed by atoms with E-state index in [1.54, 1.807) is 11.3 Å². The van der Waals surface area contributed by atoms with Crippen LogP contribution in [0, 0.1) is 13.8 Å². The van der Waals surface area contributed by atoms with Crippen LogP contribution in [0.3, 0.4) is 0 Å². The van der Waals surface area contributed by atoms with Gasteiger partial charge in [-0.15, -0.1) is 11.3 Å². The Balaban J connectivity index is 2.25. The summed E-state index contributed by atoms with van der Waals surface area (Å²) in [7, 11) is 0. The van der Waals surface area contributed by atoms with E-state index in [2.05, 4.69) is 29.8 Å². The van der Waals surface area contributed by atoms with Crippen molar-refractivity contribution < 1.29 is 5.11 Å². The van der Waals surface area contributed by atoms with E-state index in [0.29, 0.717) is 11.8 Å². The summed E-state index contributed by atoms with van der Waals surface area (Å²) in [5.74, 6) is 0.363. The third-order valence-corrected chi connectivity index (χ3v) is 4.15. The maximum Gasteiger partial charge on any atom is 0.118 e. The SMILES string of the molecule is CCC(Nc1cc(C)c(O)cc1C)c1cccs1. The normalized spacial score (nSPS) is 12.4. The van der Waals surface area contributed by atoms with Crippen LogP contribution in [0.2, 0.25) is 0 Å². The Bertz CT molecular complexity index is 520. The molecule has 1 aromatic heterocycles. The van der Waals surface area contributed by atoms with Gasteiger partial charge in [0.25, 0.3) is 0 Å². The zero-order valence-corrected chi connectivity index (χ0v) is 11.8. The topological polar surface area (TPSA) is 32.3 Å². The monoisotopic (exact) mass is 261 g/mol. The van der Waals surface area contributed by atoms with Crippen molar-refractivity contribution in [1.82, 2.24) is 0 Å². The molecule has 1 aromatic carbocycles. The molecular formula is C15H19NOS. The van der Waals surface area contributed by atoms with Gasteiger partial charge in [-0.2, -0.15) is 0 Å². The van der Waals surface area contributed by atoms with Crippen molar-refractivity contribution in [3.05, 3.63) is 45.6 Å². The predicted octanol–water partition coefficient (Wildman–Crippen LogP) is 4.63. The molecule has 2 N–H and O–H groups in total. The molecule has 3 heteroatoms. The van der Waals surface area contributed by atoms with Gasteiger partial charge < -0.3 is 10.4 Å². The number of hydrogen-bond donors (Lipinski definition) is 2. The van der Waals surface area contributed by atoms with E-state index >= 15 is 0 Å². The molecule has 0 radical (unpaired) electrons. The highest BCUT2D eigenvalue weighted by Crippen LogP contribution is 2.30. The summed E-state index contributed by atoms with van der Waals surface area (Å²) in [6.45, 7) is 6.12. The van der Waals surface area contributed by atoms with Crippen molar-refractivity contribution in [2.45, 2.75) is 33.2 Å². The summed E-state index contributed by atoms with van der Waals surface area (Å²) in [6.07, 6.45) is 1.04. The standard InChI is InChI=1S/C15H19NOS/c1-4-12(15-6-5-7-18-15)16-13-8-11(3)14(17)9-10(13)2/h5-9,12,16-17H,4H2,1-3H3. The molecule has 0 spiro atoms. The number of phenolic OH excluding ortho intramolecular Hbond substituents is 1. The van der Waals surface area contributed by atoms with Crippen LogP contribution in [0.15, 0.2) is 29.6 Å². The number of phenols is 1. The fraction of sp³-hybridized carbons (Fsp3) is 0.333. The summed E-state index contributed by atoms with van der Waals surface area (Å²) >= 11 is 1.78. The number of thiophene rings is 1. The van der Waals surface area contributed by atoms with Gasteiger partial charge in [0.2, 0.25) is 0 Å². The highest BCUT2D eigenvalue weighted by molar-refractivity contribution is 7.10. The molecule has 1 atom stereocenters. The van der Waals surface area contributed by atoms with E-state index in [1.807, 2.05) is 26.0 Å². The van der Waals surface area contributed by atoms with E-state index in [-0.39, 0.29) is 0 Å². The van der Waals surface area contributed by atoms with Crippen LogP contribution < -0.4 is 5.32 Å². The largest absolute Gasteiger partial charge is 0.508 e. The van der Waals surface area contributed by atoms with Crippen LogP contribution in [0.1, 0.15) is 35.4 Å². The van der Waals surface area contributed by atoms with Gasteiger partial charge in [0, 0.05) is 10.6 Å². The van der Waals surface area contributed by atoms with Gasteiger partial charge >= 0.3 is 0 Å². The average Bonchev–Trinajstić information content (AvgIpc) is 2.85. The Morgan fingerprint density at radius 2 is 2.06 bits per heavy atom. The first-order chi connectivity index (χ1) is 8.61. The Morgan fingerprint density at radius 1 is 1.28 bits per heavy atom. The Labute approximate surface area is 112 Å². The third-order valence-electron chi connectivity index (χ3n) is 3.17. The number of aromatic hydroxyl groups is 1. The van der Waals surface area contributed by atoms with E-state index < -0.39 is 0 Å². The molecule has 0 saturated heterocycles. The summed E-state index contributed by atoms with van der Waals surface area (Å²) in [5, 5.41) is 15.3. The van der Waals surface area contributed by atoms with Crippen LogP contribution in [0.5, 0.6) is 5.75 Å². The lowest BCUT2D eigenvalue weighted by molar-refractivity contribution is 0.470. The fourth-order valence-electron chi connectivity index (χ4n) is 2.01. The van der Waals surface area contributed by atoms with Crippen LogP contribution in [0.4, 0.5) is 5.69 Å². The van der Waals surface area contributed by atoms with Crippen molar-refractivity contribution >= 4 is 17.0 Å². The third kappa shape index (κ3) is 2.67. The predicted molar refractivity (Wildman–Crippen MR) is 78.6 cm³/mol. The zero-order chi connectivity index (χ0) is 13.1. The molecule has 2 aromatic rings. The minimum absolute atomic E-state index is 0.340. The van der Waals surface area contributed by atoms with Gasteiger partial charge in [0.05, 0.1) is 6.04 Å². The fourth-order valence-corrected chi connectivity index (χ4v) is 2.87. The molecule has 0 fully saturated rings. The second-order valence-electron chi connectivity index (χ2n) is 4.57. The summed E-state index contributed by atoms with van der Waals surface area (Å²) in [6, 6.07) is 8.42. The van der Waals surface area contributed by atoms with Crippen molar-refractivity contribution in [2.24, 2.45) is 0 Å². The van der Waals surface area contributed by atoms with Crippen molar-refractivity contribution in [2.75, 3.05) is 5.32 Å². The molecule has 2 nitrogen and oxygen atoms in total. The maximum absolute atomic E-state index is 9.67. The molecule has 18 heavy (non-hydrogen) atoms. The number of benzene rings is 1. The van der Waals surface area contributed by atoms with Crippen LogP contribution in [-0.2, 0) is 0 Å². The molecule has 96 valence electrons. The summed E-state index contributed by atoms with van der Waals surface area (Å²) in [5.41, 5.74) is 3.09. The van der Waals surface area contributed by atoms with E-state index in [4.69, 9.17) is 0 Å². The molecule has 0 saturated carbocycles. The second-order valence-corrected chi connectivity index (χ2v) is 5.55. The molecule has 0 bridgehead atoms. The molecule has 2 rings (SSSR count). The van der Waals surface area contributed by atoms with Crippen LogP contribution >= 0.6 is 11.3 Å². The Kier molecular flexibility index (Phi) is 3.92. The minimum Gasteiger partial charge on any atom is -0.508 e. The molecule has 1 unspecified atom stereocenters. The van der Waals surface area contributed by atoms with Crippen molar-refractivity contribution in [3.8, 4) is 5.75 Å². The molecule has 0 amide bonds. The first-order valence-corrected chi connectivity index (χ1v) is 7.10. The number of aryl methyl sites for hydroxylation is 2. The zero-order valence-electron chi connectivity index (χ0n) is 11.0. The number of hydrogen-bond acceptors (Lipinski definition) is 3. The molecule has 0 aliphatic heterocycles. The minimum atomic E-state index is 0.340. The second kappa shape index (κ2) is 5.44. The highest BCUT2D eigenvalue weighted by Gasteiger charge is 2.12. The smallest absolute Gasteiger partial charge is 0.118 e. The lowest BCUT2D eigenvalue weighted by atomic mass is 10.1. The van der Waals surface area contributed by atoms with Crippen LogP contribution in [0.25, 0.3) is 0 Å². The quantitative estimate of drug-likeness (QED) is 0.786. The Morgan fingerprint density at radius 3 is 2.67 bits per heavy atom. The lowest BCUT2D eigenvalue weighted by Gasteiger charge is -2.19. The average molecular weight is 261 g/mol. The maximum atomic E-state index is 9.67. The van der Waals surface area contributed by atoms with Crippen molar-refractivity contribution in [1.29, 1.82) is 0 Å². The molecule has 0 aliphatic carbocycles. The molecule has 0 aliphatic rings. The lowest BCUT2D eigenvalue weighted by Crippen LogP contribution is -2.09. The Hall–Kier alpha value is -1.48. The molecular weight excluding hydrogens is 242 g/mol. The summed E-state index contributed by atoms with van der Waals surface area (Å²) < 4.78 is 0. The van der Waals surface area contributed by atoms with E-state index in [9.17, 15) is 5.11 Å². The molecule has 1 heterocycles. The van der Waals surface area contributed by atoms with Crippen molar-refractivity contribution in [3.63, 3.8) is 0 Å². The number of rotatable bonds is 4. The van der Waals surface area contributed by atoms with Crippen LogP contribution in [-0.4, -0.2) is 5.11 Å². The summed E-state index contributed by atoms with van der Waals surface area (Å²) in [4.78, 5) is 1.35.